The lowest BCUT2D eigenvalue weighted by Crippen LogP contribution is -2.25. The van der Waals surface area contributed by atoms with Crippen molar-refractivity contribution in [2.24, 2.45) is 0 Å². The van der Waals surface area contributed by atoms with Gasteiger partial charge in [-0.2, -0.15) is 0 Å². The minimum atomic E-state index is -0.380. The Morgan fingerprint density at radius 3 is 2.59 bits per heavy atom. The van der Waals surface area contributed by atoms with Gasteiger partial charge in [0, 0.05) is 6.20 Å². The van der Waals surface area contributed by atoms with E-state index in [1.54, 1.807) is 12.3 Å². The fraction of sp³-hybridized carbons (Fsp3) is 0.214. The zero-order chi connectivity index (χ0) is 12.7. The molecule has 0 radical (unpaired) electrons. The molecule has 0 unspecified atom stereocenters. The molecule has 1 aromatic carbocycles. The standard InChI is InChI=1S/C14H17NO2/c1-4-12(2)10-15(14(16)17-3)11-13-8-6-5-7-9-13/h4-10H,1,11H2,2-3H3/b12-10+. The Morgan fingerprint density at radius 2 is 2.06 bits per heavy atom. The molecule has 0 aliphatic carbocycles. The molecule has 0 saturated carbocycles. The Morgan fingerprint density at radius 1 is 1.41 bits per heavy atom. The van der Waals surface area contributed by atoms with E-state index in [-0.39, 0.29) is 6.09 Å². The Balaban J connectivity index is 2.85. The van der Waals surface area contributed by atoms with E-state index in [1.165, 1.54) is 12.0 Å². The number of methoxy groups -OCH3 is 1. The van der Waals surface area contributed by atoms with Crippen LogP contribution in [0.4, 0.5) is 4.79 Å². The van der Waals surface area contributed by atoms with E-state index < -0.39 is 0 Å². The summed E-state index contributed by atoms with van der Waals surface area (Å²) in [6.45, 7) is 6.03. The summed E-state index contributed by atoms with van der Waals surface area (Å²) in [6, 6.07) is 9.75. The lowest BCUT2D eigenvalue weighted by atomic mass is 10.2. The van der Waals surface area contributed by atoms with E-state index in [0.29, 0.717) is 6.54 Å². The molecule has 0 spiro atoms. The number of benzene rings is 1. The van der Waals surface area contributed by atoms with Crippen molar-refractivity contribution in [3.63, 3.8) is 0 Å². The van der Waals surface area contributed by atoms with Crippen LogP contribution in [0.5, 0.6) is 0 Å². The highest BCUT2D eigenvalue weighted by Gasteiger charge is 2.11. The molecule has 0 saturated heterocycles. The van der Waals surface area contributed by atoms with Crippen molar-refractivity contribution in [2.45, 2.75) is 13.5 Å². The van der Waals surface area contributed by atoms with Crippen molar-refractivity contribution in [3.8, 4) is 0 Å². The highest BCUT2D eigenvalue weighted by molar-refractivity contribution is 5.69. The highest BCUT2D eigenvalue weighted by atomic mass is 16.5. The molecule has 1 amide bonds. The van der Waals surface area contributed by atoms with Crippen molar-refractivity contribution in [3.05, 3.63) is 60.3 Å². The minimum Gasteiger partial charge on any atom is -0.452 e. The van der Waals surface area contributed by atoms with Gasteiger partial charge in [-0.15, -0.1) is 0 Å². The van der Waals surface area contributed by atoms with E-state index in [2.05, 4.69) is 6.58 Å². The maximum Gasteiger partial charge on any atom is 0.413 e. The average molecular weight is 231 g/mol. The SMILES string of the molecule is C=C/C(C)=C/N(Cc1ccccc1)C(=O)OC. The second kappa shape index (κ2) is 6.53. The largest absolute Gasteiger partial charge is 0.452 e. The predicted molar refractivity (Wildman–Crippen MR) is 68.3 cm³/mol. The molecule has 90 valence electrons. The summed E-state index contributed by atoms with van der Waals surface area (Å²) in [5.74, 6) is 0. The first kappa shape index (κ1) is 13.0. The summed E-state index contributed by atoms with van der Waals surface area (Å²) < 4.78 is 4.74. The molecule has 0 N–H and O–H groups in total. The van der Waals surface area contributed by atoms with E-state index in [0.717, 1.165) is 11.1 Å². The summed E-state index contributed by atoms with van der Waals surface area (Å²) in [5, 5.41) is 0. The molecule has 0 bridgehead atoms. The number of amides is 1. The first-order valence-electron chi connectivity index (χ1n) is 5.36. The molecule has 3 heteroatoms. The molecule has 0 aromatic heterocycles. The first-order chi connectivity index (χ1) is 8.17. The summed E-state index contributed by atoms with van der Waals surface area (Å²) in [6.07, 6.45) is 3.04. The van der Waals surface area contributed by atoms with Crippen molar-refractivity contribution in [1.82, 2.24) is 4.90 Å². The number of carbonyl (C=O) groups excluding carboxylic acids is 1. The number of ether oxygens (including phenoxy) is 1. The molecule has 3 nitrogen and oxygen atoms in total. The third-order valence-electron chi connectivity index (χ3n) is 2.29. The van der Waals surface area contributed by atoms with Gasteiger partial charge < -0.3 is 4.74 Å². The lowest BCUT2D eigenvalue weighted by molar-refractivity contribution is 0.138. The van der Waals surface area contributed by atoms with E-state index in [9.17, 15) is 4.79 Å². The van der Waals surface area contributed by atoms with Gasteiger partial charge in [-0.3, -0.25) is 4.90 Å². The number of hydrogen-bond donors (Lipinski definition) is 0. The molecular formula is C14H17NO2. The zero-order valence-electron chi connectivity index (χ0n) is 10.2. The topological polar surface area (TPSA) is 29.5 Å². The number of hydrogen-bond acceptors (Lipinski definition) is 2. The molecule has 0 aliphatic rings. The maximum absolute atomic E-state index is 11.6. The summed E-state index contributed by atoms with van der Waals surface area (Å²) in [5.41, 5.74) is 1.96. The lowest BCUT2D eigenvalue weighted by Gasteiger charge is -2.17. The Bertz CT molecular complexity index is 409. The Hall–Kier alpha value is -2.03. The second-order valence-electron chi connectivity index (χ2n) is 3.66. The molecule has 0 atom stereocenters. The molecule has 17 heavy (non-hydrogen) atoms. The van der Waals surface area contributed by atoms with Gasteiger partial charge in [0.05, 0.1) is 13.7 Å². The van der Waals surface area contributed by atoms with Crippen molar-refractivity contribution >= 4 is 6.09 Å². The molecule has 0 heterocycles. The summed E-state index contributed by atoms with van der Waals surface area (Å²) >= 11 is 0. The average Bonchev–Trinajstić information content (AvgIpc) is 2.38. The number of rotatable bonds is 4. The third kappa shape index (κ3) is 4.15. The van der Waals surface area contributed by atoms with Crippen molar-refractivity contribution < 1.29 is 9.53 Å². The van der Waals surface area contributed by atoms with Gasteiger partial charge in [-0.25, -0.2) is 4.79 Å². The molecule has 1 aromatic rings. The molecule has 0 fully saturated rings. The van der Waals surface area contributed by atoms with Crippen LogP contribution >= 0.6 is 0 Å². The van der Waals surface area contributed by atoms with Crippen molar-refractivity contribution in [1.29, 1.82) is 0 Å². The van der Waals surface area contributed by atoms with Crippen LogP contribution in [-0.4, -0.2) is 18.1 Å². The van der Waals surface area contributed by atoms with E-state index >= 15 is 0 Å². The van der Waals surface area contributed by atoms with Gasteiger partial charge in [0.15, 0.2) is 0 Å². The second-order valence-corrected chi connectivity index (χ2v) is 3.66. The van der Waals surface area contributed by atoms with Crippen LogP contribution in [0, 0.1) is 0 Å². The molecular weight excluding hydrogens is 214 g/mol. The predicted octanol–water partition coefficient (Wildman–Crippen LogP) is 3.34. The van der Waals surface area contributed by atoms with Crippen LogP contribution in [0.2, 0.25) is 0 Å². The Kier molecular flexibility index (Phi) is 5.01. The van der Waals surface area contributed by atoms with Gasteiger partial charge in [0.25, 0.3) is 0 Å². The summed E-state index contributed by atoms with van der Waals surface area (Å²) in [7, 11) is 1.37. The molecule has 0 aliphatic heterocycles. The number of nitrogens with zero attached hydrogens (tertiary/aromatic N) is 1. The smallest absolute Gasteiger partial charge is 0.413 e. The fourth-order valence-electron chi connectivity index (χ4n) is 1.36. The molecule has 1 rings (SSSR count). The van der Waals surface area contributed by atoms with Gasteiger partial charge in [0.1, 0.15) is 0 Å². The van der Waals surface area contributed by atoms with Crippen LogP contribution < -0.4 is 0 Å². The maximum atomic E-state index is 11.6. The van der Waals surface area contributed by atoms with Crippen LogP contribution in [0.15, 0.2) is 54.8 Å². The fourth-order valence-corrected chi connectivity index (χ4v) is 1.36. The number of carbonyl (C=O) groups is 1. The van der Waals surface area contributed by atoms with Gasteiger partial charge in [-0.05, 0) is 18.1 Å². The monoisotopic (exact) mass is 231 g/mol. The highest BCUT2D eigenvalue weighted by Crippen LogP contribution is 2.08. The first-order valence-corrected chi connectivity index (χ1v) is 5.36. The number of allylic oxidation sites excluding steroid dienone is 2. The van der Waals surface area contributed by atoms with Crippen LogP contribution in [0.1, 0.15) is 12.5 Å². The summed E-state index contributed by atoms with van der Waals surface area (Å²) in [4.78, 5) is 13.1. The van der Waals surface area contributed by atoms with Crippen LogP contribution in [0.25, 0.3) is 0 Å². The Labute approximate surface area is 102 Å². The minimum absolute atomic E-state index is 0.380. The van der Waals surface area contributed by atoms with Gasteiger partial charge >= 0.3 is 6.09 Å². The quantitative estimate of drug-likeness (QED) is 0.744. The van der Waals surface area contributed by atoms with E-state index in [4.69, 9.17) is 4.74 Å². The third-order valence-corrected chi connectivity index (χ3v) is 2.29. The normalized spacial score (nSPS) is 10.8. The van der Waals surface area contributed by atoms with Gasteiger partial charge in [-0.1, -0.05) is 43.0 Å². The van der Waals surface area contributed by atoms with Crippen LogP contribution in [-0.2, 0) is 11.3 Å². The zero-order valence-corrected chi connectivity index (χ0v) is 10.2. The van der Waals surface area contributed by atoms with Crippen molar-refractivity contribution in [2.75, 3.05) is 7.11 Å². The van der Waals surface area contributed by atoms with Gasteiger partial charge in [0.2, 0.25) is 0 Å². The van der Waals surface area contributed by atoms with Crippen LogP contribution in [0.3, 0.4) is 0 Å². The van der Waals surface area contributed by atoms with E-state index in [1.807, 2.05) is 37.3 Å².